The second-order valence-corrected chi connectivity index (χ2v) is 3.35. The van der Waals surface area contributed by atoms with Gasteiger partial charge < -0.3 is 10.2 Å². The van der Waals surface area contributed by atoms with Crippen LogP contribution in [0.4, 0.5) is 4.39 Å². The molecule has 0 saturated carbocycles. The second-order valence-electron chi connectivity index (χ2n) is 3.35. The number of benzene rings is 1. The van der Waals surface area contributed by atoms with E-state index in [0.717, 1.165) is 5.56 Å². The van der Waals surface area contributed by atoms with E-state index in [-0.39, 0.29) is 5.82 Å². The largest absolute Gasteiger partial charge is 0.383 e. The van der Waals surface area contributed by atoms with Crippen molar-refractivity contribution in [3.63, 3.8) is 0 Å². The number of hydrogen-bond donors (Lipinski definition) is 2. The van der Waals surface area contributed by atoms with Gasteiger partial charge in [-0.25, -0.2) is 10.2 Å². The Morgan fingerprint density at radius 1 is 1.56 bits per heavy atom. The number of aryl methyl sites for hydroxylation is 1. The average molecular weight is 225 g/mol. The fourth-order valence-electron chi connectivity index (χ4n) is 1.27. The molecular weight excluding hydrogens is 209 g/mol. The molecule has 0 amide bonds. The van der Waals surface area contributed by atoms with Crippen LogP contribution in [0.25, 0.3) is 0 Å². The third-order valence-electron chi connectivity index (χ3n) is 2.08. The number of ether oxygens (including phenoxy) is 1. The average Bonchev–Trinajstić information content (AvgIpc) is 2.26. The Morgan fingerprint density at radius 2 is 2.31 bits per heavy atom. The molecule has 0 spiro atoms. The van der Waals surface area contributed by atoms with Crippen molar-refractivity contribution in [3.05, 3.63) is 35.1 Å². The number of amidine groups is 1. The number of halogens is 1. The number of hydrazine groups is 1. The molecule has 0 atom stereocenters. The van der Waals surface area contributed by atoms with Crippen molar-refractivity contribution in [1.82, 2.24) is 5.43 Å². The Bertz CT molecular complexity index is 379. The number of nitrogens with one attached hydrogen (secondary N) is 1. The van der Waals surface area contributed by atoms with Crippen LogP contribution in [0, 0.1) is 12.7 Å². The molecule has 4 nitrogen and oxygen atoms in total. The first-order chi connectivity index (χ1) is 7.69. The summed E-state index contributed by atoms with van der Waals surface area (Å²) in [5.41, 5.74) is 3.61. The van der Waals surface area contributed by atoms with E-state index in [9.17, 15) is 4.39 Å². The van der Waals surface area contributed by atoms with Crippen molar-refractivity contribution < 1.29 is 9.13 Å². The molecule has 16 heavy (non-hydrogen) atoms. The monoisotopic (exact) mass is 225 g/mol. The molecule has 0 aliphatic rings. The van der Waals surface area contributed by atoms with Gasteiger partial charge in [-0.05, 0) is 24.6 Å². The van der Waals surface area contributed by atoms with Crippen LogP contribution in [0.5, 0.6) is 0 Å². The number of methoxy groups -OCH3 is 1. The van der Waals surface area contributed by atoms with Gasteiger partial charge in [0.05, 0.1) is 18.7 Å². The predicted octanol–water partition coefficient (Wildman–Crippen LogP) is 0.990. The Labute approximate surface area is 94.3 Å². The normalized spacial score (nSPS) is 11.6. The Morgan fingerprint density at radius 3 is 2.88 bits per heavy atom. The van der Waals surface area contributed by atoms with Crippen LogP contribution in [0.15, 0.2) is 23.2 Å². The highest BCUT2D eigenvalue weighted by Gasteiger charge is 2.07. The van der Waals surface area contributed by atoms with E-state index in [1.807, 2.05) is 13.0 Å². The SMILES string of the molecule is COCCN=C(NN)c1ccc(C)cc1F. The van der Waals surface area contributed by atoms with Gasteiger partial charge in [-0.15, -0.1) is 0 Å². The molecule has 5 heteroatoms. The molecule has 0 radical (unpaired) electrons. The van der Waals surface area contributed by atoms with Gasteiger partial charge in [0, 0.05) is 7.11 Å². The molecule has 0 fully saturated rings. The highest BCUT2D eigenvalue weighted by molar-refractivity contribution is 5.98. The summed E-state index contributed by atoms with van der Waals surface area (Å²) < 4.78 is 18.4. The number of nitrogens with zero attached hydrogens (tertiary/aromatic N) is 1. The lowest BCUT2D eigenvalue weighted by molar-refractivity contribution is 0.208. The summed E-state index contributed by atoms with van der Waals surface area (Å²) in [6, 6.07) is 4.90. The zero-order valence-electron chi connectivity index (χ0n) is 9.46. The summed E-state index contributed by atoms with van der Waals surface area (Å²) in [5.74, 6) is 5.30. The molecule has 0 heterocycles. The number of aliphatic imine (C=N–C) groups is 1. The minimum absolute atomic E-state index is 0.328. The highest BCUT2D eigenvalue weighted by Crippen LogP contribution is 2.09. The van der Waals surface area contributed by atoms with E-state index in [2.05, 4.69) is 10.4 Å². The van der Waals surface area contributed by atoms with Crippen LogP contribution >= 0.6 is 0 Å². The van der Waals surface area contributed by atoms with E-state index in [1.54, 1.807) is 13.2 Å². The van der Waals surface area contributed by atoms with Crippen LogP contribution in [-0.2, 0) is 4.74 Å². The fourth-order valence-corrected chi connectivity index (χ4v) is 1.27. The topological polar surface area (TPSA) is 59.6 Å². The molecule has 0 aliphatic carbocycles. The molecular formula is C11H16FN3O. The third-order valence-corrected chi connectivity index (χ3v) is 2.08. The summed E-state index contributed by atoms with van der Waals surface area (Å²) in [6.45, 7) is 2.73. The van der Waals surface area contributed by atoms with Crippen molar-refractivity contribution in [2.75, 3.05) is 20.3 Å². The maximum atomic E-state index is 13.6. The van der Waals surface area contributed by atoms with Crippen LogP contribution in [0.2, 0.25) is 0 Å². The van der Waals surface area contributed by atoms with Crippen LogP contribution in [0.3, 0.4) is 0 Å². The van der Waals surface area contributed by atoms with Crippen molar-refractivity contribution >= 4 is 5.84 Å². The fraction of sp³-hybridized carbons (Fsp3) is 0.364. The standard InChI is InChI=1S/C11H16FN3O/c1-8-3-4-9(10(12)7-8)11(15-13)14-5-6-16-2/h3-4,7H,5-6,13H2,1-2H3,(H,14,15). The zero-order chi connectivity index (χ0) is 12.0. The van der Waals surface area contributed by atoms with Gasteiger partial charge in [-0.2, -0.15) is 0 Å². The van der Waals surface area contributed by atoms with Gasteiger partial charge in [0.2, 0.25) is 0 Å². The first kappa shape index (κ1) is 12.6. The molecule has 1 rings (SSSR count). The van der Waals surface area contributed by atoms with Crippen LogP contribution < -0.4 is 11.3 Å². The quantitative estimate of drug-likeness (QED) is 0.264. The lowest BCUT2D eigenvalue weighted by Crippen LogP contribution is -2.32. The molecule has 0 bridgehead atoms. The zero-order valence-corrected chi connectivity index (χ0v) is 9.46. The number of nitrogens with two attached hydrogens (primary N) is 1. The first-order valence-corrected chi connectivity index (χ1v) is 4.95. The predicted molar refractivity (Wildman–Crippen MR) is 61.7 cm³/mol. The smallest absolute Gasteiger partial charge is 0.145 e. The molecule has 1 aromatic rings. The summed E-state index contributed by atoms with van der Waals surface area (Å²) in [4.78, 5) is 4.11. The van der Waals surface area contributed by atoms with Gasteiger partial charge >= 0.3 is 0 Å². The van der Waals surface area contributed by atoms with E-state index < -0.39 is 0 Å². The first-order valence-electron chi connectivity index (χ1n) is 4.95. The summed E-state index contributed by atoms with van der Waals surface area (Å²) in [7, 11) is 1.58. The summed E-state index contributed by atoms with van der Waals surface area (Å²) in [6.07, 6.45) is 0. The molecule has 0 saturated heterocycles. The van der Waals surface area contributed by atoms with Gasteiger partial charge in [-0.1, -0.05) is 6.07 Å². The minimum Gasteiger partial charge on any atom is -0.383 e. The highest BCUT2D eigenvalue weighted by atomic mass is 19.1. The van der Waals surface area contributed by atoms with E-state index >= 15 is 0 Å². The van der Waals surface area contributed by atoms with Crippen LogP contribution in [-0.4, -0.2) is 26.1 Å². The summed E-state index contributed by atoms with van der Waals surface area (Å²) >= 11 is 0. The van der Waals surface area contributed by atoms with E-state index in [1.165, 1.54) is 6.07 Å². The molecule has 3 N–H and O–H groups in total. The molecule has 0 aromatic heterocycles. The van der Waals surface area contributed by atoms with Gasteiger partial charge in [-0.3, -0.25) is 4.99 Å². The van der Waals surface area contributed by atoms with Gasteiger partial charge in [0.1, 0.15) is 11.7 Å². The van der Waals surface area contributed by atoms with Crippen molar-refractivity contribution in [3.8, 4) is 0 Å². The minimum atomic E-state index is -0.339. The number of hydrogen-bond acceptors (Lipinski definition) is 3. The van der Waals surface area contributed by atoms with E-state index in [4.69, 9.17) is 10.6 Å². The Hall–Kier alpha value is -1.46. The second kappa shape index (κ2) is 6.19. The lowest BCUT2D eigenvalue weighted by Gasteiger charge is -2.07. The maximum Gasteiger partial charge on any atom is 0.145 e. The van der Waals surface area contributed by atoms with Crippen molar-refractivity contribution in [2.24, 2.45) is 10.8 Å². The Kier molecular flexibility index (Phi) is 4.88. The van der Waals surface area contributed by atoms with Gasteiger partial charge in [0.15, 0.2) is 0 Å². The van der Waals surface area contributed by atoms with Crippen molar-refractivity contribution in [2.45, 2.75) is 6.92 Å². The molecule has 1 aromatic carbocycles. The van der Waals surface area contributed by atoms with Crippen LogP contribution in [0.1, 0.15) is 11.1 Å². The van der Waals surface area contributed by atoms with Crippen molar-refractivity contribution in [1.29, 1.82) is 0 Å². The Balaban J connectivity index is 2.90. The maximum absolute atomic E-state index is 13.6. The molecule has 0 aliphatic heterocycles. The van der Waals surface area contributed by atoms with Gasteiger partial charge in [0.25, 0.3) is 0 Å². The lowest BCUT2D eigenvalue weighted by atomic mass is 10.1. The molecule has 88 valence electrons. The third kappa shape index (κ3) is 3.29. The number of rotatable bonds is 4. The molecule has 0 unspecified atom stereocenters. The summed E-state index contributed by atoms with van der Waals surface area (Å²) in [5, 5.41) is 0. The van der Waals surface area contributed by atoms with E-state index in [0.29, 0.717) is 24.6 Å².